The maximum absolute atomic E-state index is 13.5. The Kier molecular flexibility index (Phi) is 5.15. The van der Waals surface area contributed by atoms with E-state index in [9.17, 15) is 8.78 Å². The monoisotopic (exact) mass is 311 g/mol. The highest BCUT2D eigenvalue weighted by molar-refractivity contribution is 6.30. The summed E-state index contributed by atoms with van der Waals surface area (Å²) in [5.74, 6) is -0.563. The van der Waals surface area contributed by atoms with Crippen LogP contribution in [0.15, 0.2) is 42.5 Å². The lowest BCUT2D eigenvalue weighted by Crippen LogP contribution is -2.31. The summed E-state index contributed by atoms with van der Waals surface area (Å²) in [5, 5.41) is 0.0282. The predicted octanol–water partition coefficient (Wildman–Crippen LogP) is 4.48. The minimum absolute atomic E-state index is 0.0282. The van der Waals surface area contributed by atoms with Crippen molar-refractivity contribution in [2.24, 2.45) is 5.73 Å². The van der Waals surface area contributed by atoms with Gasteiger partial charge in [0.2, 0.25) is 0 Å². The first kappa shape index (κ1) is 15.7. The van der Waals surface area contributed by atoms with Crippen LogP contribution in [0.4, 0.5) is 8.78 Å². The van der Waals surface area contributed by atoms with Gasteiger partial charge in [-0.25, -0.2) is 8.78 Å². The van der Waals surface area contributed by atoms with Gasteiger partial charge in [-0.05, 0) is 36.2 Å². The maximum Gasteiger partial charge on any atom is 0.145 e. The molecular weight excluding hydrogens is 296 g/mol. The molecule has 0 aliphatic heterocycles. The van der Waals surface area contributed by atoms with Crippen LogP contribution in [0, 0.1) is 11.6 Å². The molecule has 5 heteroatoms. The molecule has 0 spiro atoms. The van der Waals surface area contributed by atoms with Crippen molar-refractivity contribution < 1.29 is 13.5 Å². The van der Waals surface area contributed by atoms with Crippen LogP contribution in [-0.4, -0.2) is 6.04 Å². The molecule has 0 amide bonds. The molecule has 0 saturated carbocycles. The van der Waals surface area contributed by atoms with Crippen molar-refractivity contribution in [2.45, 2.75) is 25.5 Å². The van der Waals surface area contributed by atoms with Crippen LogP contribution in [0.2, 0.25) is 5.02 Å². The van der Waals surface area contributed by atoms with Crippen molar-refractivity contribution in [3.8, 4) is 5.75 Å². The normalized spacial score (nSPS) is 13.8. The van der Waals surface area contributed by atoms with Crippen LogP contribution in [0.1, 0.15) is 25.0 Å². The second-order valence-corrected chi connectivity index (χ2v) is 5.15. The third-order valence-electron chi connectivity index (χ3n) is 3.21. The number of benzene rings is 2. The molecule has 2 aromatic rings. The molecule has 2 rings (SSSR count). The Hall–Kier alpha value is -1.65. The standard InChI is InChI=1S/C16H16ClF2NO/c1-2-15(20)16(10-3-5-11(18)6-4-10)21-12-7-8-13(17)14(19)9-12/h3-9,15-16H,2,20H2,1H3. The van der Waals surface area contributed by atoms with Crippen molar-refractivity contribution in [3.63, 3.8) is 0 Å². The summed E-state index contributed by atoms with van der Waals surface area (Å²) in [6, 6.07) is 9.82. The molecule has 2 nitrogen and oxygen atoms in total. The second-order valence-electron chi connectivity index (χ2n) is 4.74. The number of hydrogen-bond acceptors (Lipinski definition) is 2. The van der Waals surface area contributed by atoms with Gasteiger partial charge in [0.1, 0.15) is 23.5 Å². The fraction of sp³-hybridized carbons (Fsp3) is 0.250. The van der Waals surface area contributed by atoms with E-state index >= 15 is 0 Å². The molecule has 112 valence electrons. The SMILES string of the molecule is CCC(N)C(Oc1ccc(Cl)c(F)c1)c1ccc(F)cc1. The van der Waals surface area contributed by atoms with Crippen molar-refractivity contribution in [3.05, 3.63) is 64.7 Å². The number of ether oxygens (including phenoxy) is 1. The van der Waals surface area contributed by atoms with Gasteiger partial charge in [0.05, 0.1) is 5.02 Å². The van der Waals surface area contributed by atoms with E-state index in [1.807, 2.05) is 6.92 Å². The topological polar surface area (TPSA) is 35.2 Å². The van der Waals surface area contributed by atoms with Gasteiger partial charge in [-0.1, -0.05) is 30.7 Å². The van der Waals surface area contributed by atoms with Crippen molar-refractivity contribution >= 4 is 11.6 Å². The van der Waals surface area contributed by atoms with Gasteiger partial charge < -0.3 is 10.5 Å². The fourth-order valence-electron chi connectivity index (χ4n) is 1.97. The average Bonchev–Trinajstić information content (AvgIpc) is 2.48. The Labute approximate surface area is 127 Å². The van der Waals surface area contributed by atoms with E-state index in [1.165, 1.54) is 24.3 Å². The zero-order valence-corrected chi connectivity index (χ0v) is 12.3. The summed E-state index contributed by atoms with van der Waals surface area (Å²) in [7, 11) is 0. The van der Waals surface area contributed by atoms with Crippen molar-refractivity contribution in [1.29, 1.82) is 0 Å². The van der Waals surface area contributed by atoms with E-state index in [-0.39, 0.29) is 16.9 Å². The summed E-state index contributed by atoms with van der Waals surface area (Å²) >= 11 is 5.64. The fourth-order valence-corrected chi connectivity index (χ4v) is 2.08. The van der Waals surface area contributed by atoms with E-state index in [0.717, 1.165) is 5.56 Å². The predicted molar refractivity (Wildman–Crippen MR) is 79.4 cm³/mol. The zero-order chi connectivity index (χ0) is 15.4. The molecule has 0 heterocycles. The van der Waals surface area contributed by atoms with Crippen LogP contribution in [-0.2, 0) is 0 Å². The molecule has 0 aliphatic carbocycles. The molecule has 2 atom stereocenters. The highest BCUT2D eigenvalue weighted by Gasteiger charge is 2.21. The van der Waals surface area contributed by atoms with E-state index in [2.05, 4.69) is 0 Å². The molecule has 0 fully saturated rings. The summed E-state index contributed by atoms with van der Waals surface area (Å²) < 4.78 is 32.3. The van der Waals surface area contributed by atoms with Gasteiger partial charge in [-0.3, -0.25) is 0 Å². The maximum atomic E-state index is 13.5. The van der Waals surface area contributed by atoms with Gasteiger partial charge in [0.15, 0.2) is 0 Å². The van der Waals surface area contributed by atoms with E-state index in [4.69, 9.17) is 22.1 Å². The summed E-state index contributed by atoms with van der Waals surface area (Å²) in [4.78, 5) is 0. The van der Waals surface area contributed by atoms with Crippen LogP contribution in [0.25, 0.3) is 0 Å². The second kappa shape index (κ2) is 6.87. The molecule has 0 aromatic heterocycles. The highest BCUT2D eigenvalue weighted by atomic mass is 35.5. The van der Waals surface area contributed by atoms with Crippen LogP contribution >= 0.6 is 11.6 Å². The first-order chi connectivity index (χ1) is 10.0. The smallest absolute Gasteiger partial charge is 0.145 e. The molecule has 21 heavy (non-hydrogen) atoms. The quantitative estimate of drug-likeness (QED) is 0.884. The van der Waals surface area contributed by atoms with Crippen molar-refractivity contribution in [2.75, 3.05) is 0 Å². The van der Waals surface area contributed by atoms with E-state index in [1.54, 1.807) is 18.2 Å². The van der Waals surface area contributed by atoms with Gasteiger partial charge in [0, 0.05) is 12.1 Å². The summed E-state index contributed by atoms with van der Waals surface area (Å²) in [6.45, 7) is 1.92. The molecule has 0 bridgehead atoms. The highest BCUT2D eigenvalue weighted by Crippen LogP contribution is 2.28. The number of halogens is 3. The molecular formula is C16H16ClF2NO. The van der Waals surface area contributed by atoms with Crippen LogP contribution < -0.4 is 10.5 Å². The molecule has 0 aliphatic rings. The Balaban J connectivity index is 2.28. The molecule has 2 unspecified atom stereocenters. The lowest BCUT2D eigenvalue weighted by atomic mass is 10.0. The molecule has 2 aromatic carbocycles. The minimum Gasteiger partial charge on any atom is -0.484 e. The number of hydrogen-bond donors (Lipinski definition) is 1. The first-order valence-corrected chi connectivity index (χ1v) is 7.01. The summed E-state index contributed by atoms with van der Waals surface area (Å²) in [5.41, 5.74) is 6.80. The molecule has 0 radical (unpaired) electrons. The zero-order valence-electron chi connectivity index (χ0n) is 11.5. The Morgan fingerprint density at radius 2 is 1.81 bits per heavy atom. The Morgan fingerprint density at radius 1 is 1.14 bits per heavy atom. The Bertz CT molecular complexity index is 604. The molecule has 0 saturated heterocycles. The summed E-state index contributed by atoms with van der Waals surface area (Å²) in [6.07, 6.45) is 0.175. The van der Waals surface area contributed by atoms with Crippen LogP contribution in [0.3, 0.4) is 0 Å². The lowest BCUT2D eigenvalue weighted by molar-refractivity contribution is 0.170. The lowest BCUT2D eigenvalue weighted by Gasteiger charge is -2.25. The van der Waals surface area contributed by atoms with Crippen LogP contribution in [0.5, 0.6) is 5.75 Å². The number of rotatable bonds is 5. The average molecular weight is 312 g/mol. The van der Waals surface area contributed by atoms with Gasteiger partial charge in [-0.15, -0.1) is 0 Å². The van der Waals surface area contributed by atoms with Gasteiger partial charge in [0.25, 0.3) is 0 Å². The third-order valence-corrected chi connectivity index (χ3v) is 3.52. The Morgan fingerprint density at radius 3 is 2.38 bits per heavy atom. The number of nitrogens with two attached hydrogens (primary N) is 1. The largest absolute Gasteiger partial charge is 0.484 e. The van der Waals surface area contributed by atoms with Gasteiger partial charge in [-0.2, -0.15) is 0 Å². The molecule has 2 N–H and O–H groups in total. The van der Waals surface area contributed by atoms with Gasteiger partial charge >= 0.3 is 0 Å². The van der Waals surface area contributed by atoms with E-state index in [0.29, 0.717) is 12.2 Å². The van der Waals surface area contributed by atoms with Crippen molar-refractivity contribution in [1.82, 2.24) is 0 Å². The first-order valence-electron chi connectivity index (χ1n) is 6.64. The van der Waals surface area contributed by atoms with E-state index < -0.39 is 11.9 Å². The third kappa shape index (κ3) is 3.93. The minimum atomic E-state index is -0.558.